The maximum Gasteiger partial charge on any atom is 0.254 e. The molecule has 1 aliphatic rings. The molecular formula is C18H18IN3O2. The van der Waals surface area contributed by atoms with Crippen LogP contribution < -0.4 is 5.32 Å². The van der Waals surface area contributed by atoms with Crippen LogP contribution in [-0.4, -0.2) is 40.8 Å². The Bertz CT molecular complexity index is 728. The van der Waals surface area contributed by atoms with E-state index in [9.17, 15) is 9.59 Å². The Morgan fingerprint density at radius 3 is 2.42 bits per heavy atom. The van der Waals surface area contributed by atoms with E-state index in [-0.39, 0.29) is 17.9 Å². The lowest BCUT2D eigenvalue weighted by atomic mass is 10.0. The highest BCUT2D eigenvalue weighted by Gasteiger charge is 2.25. The Morgan fingerprint density at radius 2 is 1.75 bits per heavy atom. The normalized spacial score (nSPS) is 15.1. The van der Waals surface area contributed by atoms with E-state index in [1.807, 2.05) is 29.2 Å². The second-order valence-electron chi connectivity index (χ2n) is 5.76. The van der Waals surface area contributed by atoms with Crippen LogP contribution in [-0.2, 0) is 0 Å². The number of piperidine rings is 1. The second kappa shape index (κ2) is 7.74. The van der Waals surface area contributed by atoms with Crippen molar-refractivity contribution in [1.82, 2.24) is 15.2 Å². The smallest absolute Gasteiger partial charge is 0.254 e. The van der Waals surface area contributed by atoms with Gasteiger partial charge in [-0.3, -0.25) is 14.6 Å². The summed E-state index contributed by atoms with van der Waals surface area (Å²) < 4.78 is 0.966. The number of pyridine rings is 1. The van der Waals surface area contributed by atoms with Gasteiger partial charge >= 0.3 is 0 Å². The highest BCUT2D eigenvalue weighted by Crippen LogP contribution is 2.18. The van der Waals surface area contributed by atoms with Crippen molar-refractivity contribution < 1.29 is 9.59 Å². The number of benzene rings is 1. The lowest BCUT2D eigenvalue weighted by Gasteiger charge is -2.32. The first-order valence-corrected chi connectivity index (χ1v) is 8.97. The van der Waals surface area contributed by atoms with Crippen LogP contribution in [0.1, 0.15) is 33.6 Å². The van der Waals surface area contributed by atoms with Crippen LogP contribution in [0.4, 0.5) is 0 Å². The molecule has 1 N–H and O–H groups in total. The molecule has 0 saturated carbocycles. The van der Waals surface area contributed by atoms with Gasteiger partial charge in [0.25, 0.3) is 11.8 Å². The van der Waals surface area contributed by atoms with E-state index in [1.54, 1.807) is 24.5 Å². The number of carbonyl (C=O) groups is 2. The third-order valence-electron chi connectivity index (χ3n) is 4.16. The van der Waals surface area contributed by atoms with Gasteiger partial charge in [0.2, 0.25) is 0 Å². The quantitative estimate of drug-likeness (QED) is 0.755. The van der Waals surface area contributed by atoms with Crippen molar-refractivity contribution in [2.45, 2.75) is 18.9 Å². The molecule has 0 atom stereocenters. The number of carbonyl (C=O) groups excluding carboxylic acids is 2. The molecule has 0 spiro atoms. The molecule has 1 fully saturated rings. The molecule has 3 rings (SSSR count). The number of rotatable bonds is 3. The van der Waals surface area contributed by atoms with Crippen LogP contribution in [0.25, 0.3) is 0 Å². The number of amides is 2. The van der Waals surface area contributed by atoms with Gasteiger partial charge in [0.1, 0.15) is 0 Å². The van der Waals surface area contributed by atoms with Gasteiger partial charge in [-0.25, -0.2) is 0 Å². The van der Waals surface area contributed by atoms with Crippen LogP contribution in [0.2, 0.25) is 0 Å². The first-order chi connectivity index (χ1) is 11.6. The molecule has 1 aromatic carbocycles. The summed E-state index contributed by atoms with van der Waals surface area (Å²) in [6.07, 6.45) is 4.76. The largest absolute Gasteiger partial charge is 0.349 e. The molecule has 24 heavy (non-hydrogen) atoms. The Morgan fingerprint density at radius 1 is 1.08 bits per heavy atom. The molecular weight excluding hydrogens is 417 g/mol. The summed E-state index contributed by atoms with van der Waals surface area (Å²) >= 11 is 2.19. The van der Waals surface area contributed by atoms with Gasteiger partial charge in [-0.2, -0.15) is 0 Å². The molecule has 0 bridgehead atoms. The predicted molar refractivity (Wildman–Crippen MR) is 99.8 cm³/mol. The molecule has 0 unspecified atom stereocenters. The average Bonchev–Trinajstić information content (AvgIpc) is 2.63. The van der Waals surface area contributed by atoms with Crippen LogP contribution >= 0.6 is 22.6 Å². The number of likely N-dealkylation sites (tertiary alicyclic amines) is 1. The van der Waals surface area contributed by atoms with Gasteiger partial charge < -0.3 is 10.2 Å². The molecule has 124 valence electrons. The molecule has 2 amide bonds. The third kappa shape index (κ3) is 3.92. The topological polar surface area (TPSA) is 62.3 Å². The van der Waals surface area contributed by atoms with Crippen molar-refractivity contribution in [2.75, 3.05) is 13.1 Å². The fourth-order valence-corrected chi connectivity index (χ4v) is 3.42. The highest BCUT2D eigenvalue weighted by atomic mass is 127. The molecule has 0 radical (unpaired) electrons. The standard InChI is InChI=1S/C18H18IN3O2/c19-16-4-2-1-3-15(16)18(24)22-11-7-14(8-12-22)21-17(23)13-5-9-20-10-6-13/h1-6,9-10,14H,7-8,11-12H2,(H,21,23). The lowest BCUT2D eigenvalue weighted by Crippen LogP contribution is -2.46. The van der Waals surface area contributed by atoms with Gasteiger partial charge in [-0.1, -0.05) is 12.1 Å². The molecule has 0 aliphatic carbocycles. The first-order valence-electron chi connectivity index (χ1n) is 7.90. The molecule has 5 nitrogen and oxygen atoms in total. The zero-order chi connectivity index (χ0) is 16.9. The summed E-state index contributed by atoms with van der Waals surface area (Å²) in [4.78, 5) is 30.6. The summed E-state index contributed by atoms with van der Waals surface area (Å²) in [5, 5.41) is 3.04. The van der Waals surface area contributed by atoms with E-state index in [0.717, 1.165) is 22.0 Å². The molecule has 2 aromatic rings. The maximum absolute atomic E-state index is 12.6. The number of hydrogen-bond acceptors (Lipinski definition) is 3. The fraction of sp³-hybridized carbons (Fsp3) is 0.278. The van der Waals surface area contributed by atoms with Gasteiger partial charge in [-0.05, 0) is 59.7 Å². The Hall–Kier alpha value is -1.96. The van der Waals surface area contributed by atoms with Crippen molar-refractivity contribution in [3.63, 3.8) is 0 Å². The van der Waals surface area contributed by atoms with E-state index in [0.29, 0.717) is 18.7 Å². The fourth-order valence-electron chi connectivity index (χ4n) is 2.80. The summed E-state index contributed by atoms with van der Waals surface area (Å²) in [5.74, 6) is -0.0151. The molecule has 1 saturated heterocycles. The zero-order valence-corrected chi connectivity index (χ0v) is 15.3. The van der Waals surface area contributed by atoms with Crippen LogP contribution in [0.3, 0.4) is 0 Å². The van der Waals surface area contributed by atoms with Crippen LogP contribution in [0, 0.1) is 3.57 Å². The monoisotopic (exact) mass is 435 g/mol. The Balaban J connectivity index is 1.55. The summed E-state index contributed by atoms with van der Waals surface area (Å²) in [6, 6.07) is 11.1. The molecule has 6 heteroatoms. The summed E-state index contributed by atoms with van der Waals surface area (Å²) in [5.41, 5.74) is 1.36. The molecule has 1 aromatic heterocycles. The minimum atomic E-state index is -0.0835. The Labute approximate surface area is 154 Å². The number of nitrogens with zero attached hydrogens (tertiary/aromatic N) is 2. The van der Waals surface area contributed by atoms with Gasteiger partial charge in [0, 0.05) is 40.7 Å². The van der Waals surface area contributed by atoms with Crippen LogP contribution in [0.5, 0.6) is 0 Å². The van der Waals surface area contributed by atoms with E-state index < -0.39 is 0 Å². The number of hydrogen-bond donors (Lipinski definition) is 1. The minimum absolute atomic E-state index is 0.0684. The minimum Gasteiger partial charge on any atom is -0.349 e. The van der Waals surface area contributed by atoms with Crippen LogP contribution in [0.15, 0.2) is 48.8 Å². The second-order valence-corrected chi connectivity index (χ2v) is 6.92. The zero-order valence-electron chi connectivity index (χ0n) is 13.1. The maximum atomic E-state index is 12.6. The van der Waals surface area contributed by atoms with E-state index >= 15 is 0 Å². The molecule has 1 aliphatic heterocycles. The van der Waals surface area contributed by atoms with Gasteiger partial charge in [-0.15, -0.1) is 0 Å². The third-order valence-corrected chi connectivity index (χ3v) is 5.10. The van der Waals surface area contributed by atoms with Crippen molar-refractivity contribution in [3.05, 3.63) is 63.5 Å². The van der Waals surface area contributed by atoms with Gasteiger partial charge in [0.15, 0.2) is 0 Å². The van der Waals surface area contributed by atoms with Gasteiger partial charge in [0.05, 0.1) is 5.56 Å². The summed E-state index contributed by atoms with van der Waals surface area (Å²) in [6.45, 7) is 1.32. The SMILES string of the molecule is O=C(NC1CCN(C(=O)c2ccccc2I)CC1)c1ccncc1. The van der Waals surface area contributed by atoms with Crippen molar-refractivity contribution >= 4 is 34.4 Å². The van der Waals surface area contributed by atoms with Crippen molar-refractivity contribution in [3.8, 4) is 0 Å². The Kier molecular flexibility index (Phi) is 5.44. The lowest BCUT2D eigenvalue weighted by molar-refractivity contribution is 0.0697. The average molecular weight is 435 g/mol. The number of halogens is 1. The van der Waals surface area contributed by atoms with Crippen molar-refractivity contribution in [1.29, 1.82) is 0 Å². The predicted octanol–water partition coefficient (Wildman–Crippen LogP) is 2.72. The van der Waals surface area contributed by atoms with E-state index in [2.05, 4.69) is 32.9 Å². The van der Waals surface area contributed by atoms with E-state index in [1.165, 1.54) is 0 Å². The number of aromatic nitrogens is 1. The van der Waals surface area contributed by atoms with Crippen molar-refractivity contribution in [2.24, 2.45) is 0 Å². The highest BCUT2D eigenvalue weighted by molar-refractivity contribution is 14.1. The van der Waals surface area contributed by atoms with E-state index in [4.69, 9.17) is 0 Å². The number of nitrogens with one attached hydrogen (secondary N) is 1. The first kappa shape index (κ1) is 16.9. The summed E-state index contributed by atoms with van der Waals surface area (Å²) in [7, 11) is 0. The molecule has 2 heterocycles.